The first-order valence-electron chi connectivity index (χ1n) is 7.25. The van der Waals surface area contributed by atoms with Crippen LogP contribution in [0.1, 0.15) is 24.2 Å². The summed E-state index contributed by atoms with van der Waals surface area (Å²) in [6.07, 6.45) is 2.08. The van der Waals surface area contributed by atoms with E-state index in [1.807, 2.05) is 18.2 Å². The summed E-state index contributed by atoms with van der Waals surface area (Å²) >= 11 is 0. The standard InChI is InChI=1S/C16H19N3O3/c1-11-9-14(19-22-11)18-15(20)17-10-16(7-8-16)12-5-3-4-6-13(12)21-2/h3-6,9H,7-8,10H2,1-2H3,(H2,17,18,19,20). The fourth-order valence-electron chi connectivity index (χ4n) is 2.61. The second kappa shape index (κ2) is 5.71. The normalized spacial score (nSPS) is 15.2. The van der Waals surface area contributed by atoms with Gasteiger partial charge in [-0.05, 0) is 25.8 Å². The van der Waals surface area contributed by atoms with Gasteiger partial charge in [0, 0.05) is 23.6 Å². The van der Waals surface area contributed by atoms with Gasteiger partial charge in [0.2, 0.25) is 0 Å². The molecule has 1 fully saturated rings. The fraction of sp³-hybridized carbons (Fsp3) is 0.375. The molecule has 22 heavy (non-hydrogen) atoms. The van der Waals surface area contributed by atoms with Crippen molar-refractivity contribution >= 4 is 11.8 Å². The molecule has 1 aromatic heterocycles. The van der Waals surface area contributed by atoms with Gasteiger partial charge in [-0.3, -0.25) is 5.32 Å². The molecule has 2 amide bonds. The molecule has 0 aliphatic heterocycles. The average molecular weight is 301 g/mol. The van der Waals surface area contributed by atoms with Crippen LogP contribution in [-0.2, 0) is 5.41 Å². The first kappa shape index (κ1) is 14.4. The number of aryl methyl sites for hydroxylation is 1. The van der Waals surface area contributed by atoms with E-state index in [0.29, 0.717) is 18.1 Å². The summed E-state index contributed by atoms with van der Waals surface area (Å²) in [6.45, 7) is 2.34. The third-order valence-corrected chi connectivity index (χ3v) is 3.99. The predicted octanol–water partition coefficient (Wildman–Crippen LogP) is 2.84. The maximum atomic E-state index is 11.9. The van der Waals surface area contributed by atoms with Gasteiger partial charge in [0.25, 0.3) is 0 Å². The third-order valence-electron chi connectivity index (χ3n) is 3.99. The van der Waals surface area contributed by atoms with Crippen LogP contribution in [0.5, 0.6) is 5.75 Å². The minimum Gasteiger partial charge on any atom is -0.496 e. The summed E-state index contributed by atoms with van der Waals surface area (Å²) in [4.78, 5) is 11.9. The number of rotatable bonds is 5. The first-order chi connectivity index (χ1) is 10.6. The van der Waals surface area contributed by atoms with Gasteiger partial charge in [0.05, 0.1) is 7.11 Å². The molecule has 2 aromatic rings. The number of aromatic nitrogens is 1. The summed E-state index contributed by atoms with van der Waals surface area (Å²) in [5.74, 6) is 1.94. The number of urea groups is 1. The van der Waals surface area contributed by atoms with Crippen LogP contribution in [0.15, 0.2) is 34.9 Å². The van der Waals surface area contributed by atoms with Gasteiger partial charge in [0.1, 0.15) is 11.5 Å². The van der Waals surface area contributed by atoms with Crippen molar-refractivity contribution in [2.45, 2.75) is 25.2 Å². The lowest BCUT2D eigenvalue weighted by Crippen LogP contribution is -2.35. The predicted molar refractivity (Wildman–Crippen MR) is 82.2 cm³/mol. The molecule has 1 aliphatic carbocycles. The average Bonchev–Trinajstić information content (AvgIpc) is 3.22. The summed E-state index contributed by atoms with van der Waals surface area (Å²) in [5, 5.41) is 9.30. The van der Waals surface area contributed by atoms with Crippen LogP contribution in [0.4, 0.5) is 10.6 Å². The highest BCUT2D eigenvalue weighted by atomic mass is 16.5. The van der Waals surface area contributed by atoms with Crippen molar-refractivity contribution in [3.8, 4) is 5.75 Å². The smallest absolute Gasteiger partial charge is 0.320 e. The summed E-state index contributed by atoms with van der Waals surface area (Å²) in [6, 6.07) is 9.35. The second-order valence-electron chi connectivity index (χ2n) is 5.61. The Morgan fingerprint density at radius 1 is 1.41 bits per heavy atom. The Kier molecular flexibility index (Phi) is 3.75. The SMILES string of the molecule is COc1ccccc1C1(CNC(=O)Nc2cc(C)on2)CC1. The molecule has 1 aliphatic rings. The molecule has 0 bridgehead atoms. The number of carbonyl (C=O) groups excluding carboxylic acids is 1. The van der Waals surface area contributed by atoms with Crippen LogP contribution in [0.2, 0.25) is 0 Å². The highest BCUT2D eigenvalue weighted by molar-refractivity contribution is 5.88. The van der Waals surface area contributed by atoms with E-state index in [2.05, 4.69) is 21.9 Å². The molecule has 0 unspecified atom stereocenters. The van der Waals surface area contributed by atoms with Gasteiger partial charge in [-0.15, -0.1) is 0 Å². The number of hydrogen-bond acceptors (Lipinski definition) is 4. The Morgan fingerprint density at radius 3 is 2.82 bits per heavy atom. The number of anilines is 1. The summed E-state index contributed by atoms with van der Waals surface area (Å²) in [7, 11) is 1.67. The van der Waals surface area contributed by atoms with Gasteiger partial charge >= 0.3 is 6.03 Å². The molecule has 1 saturated carbocycles. The van der Waals surface area contributed by atoms with Crippen molar-refractivity contribution in [3.63, 3.8) is 0 Å². The Hall–Kier alpha value is -2.50. The molecule has 6 heteroatoms. The molecule has 2 N–H and O–H groups in total. The minimum absolute atomic E-state index is 0.0241. The number of nitrogens with zero attached hydrogens (tertiary/aromatic N) is 1. The van der Waals surface area contributed by atoms with E-state index in [-0.39, 0.29) is 11.4 Å². The Morgan fingerprint density at radius 2 is 2.18 bits per heavy atom. The van der Waals surface area contributed by atoms with Crippen molar-refractivity contribution < 1.29 is 14.1 Å². The lowest BCUT2D eigenvalue weighted by molar-refractivity contribution is 0.250. The van der Waals surface area contributed by atoms with Crippen LogP contribution in [0, 0.1) is 6.92 Å². The summed E-state index contributed by atoms with van der Waals surface area (Å²) in [5.41, 5.74) is 1.12. The quantitative estimate of drug-likeness (QED) is 0.890. The largest absolute Gasteiger partial charge is 0.496 e. The number of methoxy groups -OCH3 is 1. The lowest BCUT2D eigenvalue weighted by Gasteiger charge is -2.19. The maximum Gasteiger partial charge on any atom is 0.320 e. The number of hydrogen-bond donors (Lipinski definition) is 2. The van der Waals surface area contributed by atoms with Gasteiger partial charge in [-0.2, -0.15) is 0 Å². The molecular formula is C16H19N3O3. The van der Waals surface area contributed by atoms with E-state index in [1.165, 1.54) is 0 Å². The number of carbonyl (C=O) groups is 1. The molecule has 1 aromatic carbocycles. The van der Waals surface area contributed by atoms with E-state index < -0.39 is 0 Å². The van der Waals surface area contributed by atoms with Crippen LogP contribution in [0.3, 0.4) is 0 Å². The summed E-state index contributed by atoms with van der Waals surface area (Å²) < 4.78 is 10.3. The van der Waals surface area contributed by atoms with Crippen molar-refractivity contribution in [3.05, 3.63) is 41.7 Å². The van der Waals surface area contributed by atoms with Gasteiger partial charge in [-0.25, -0.2) is 4.79 Å². The highest BCUT2D eigenvalue weighted by Crippen LogP contribution is 2.50. The fourth-order valence-corrected chi connectivity index (χ4v) is 2.61. The Labute approximate surface area is 128 Å². The number of benzene rings is 1. The monoisotopic (exact) mass is 301 g/mol. The minimum atomic E-state index is -0.283. The number of ether oxygens (including phenoxy) is 1. The molecule has 0 spiro atoms. The van der Waals surface area contributed by atoms with Crippen LogP contribution < -0.4 is 15.4 Å². The second-order valence-corrected chi connectivity index (χ2v) is 5.61. The van der Waals surface area contributed by atoms with Crippen molar-refractivity contribution in [2.24, 2.45) is 0 Å². The van der Waals surface area contributed by atoms with Crippen LogP contribution in [-0.4, -0.2) is 24.8 Å². The zero-order chi connectivity index (χ0) is 15.6. The zero-order valence-electron chi connectivity index (χ0n) is 12.7. The lowest BCUT2D eigenvalue weighted by atomic mass is 9.95. The maximum absolute atomic E-state index is 11.9. The molecule has 0 radical (unpaired) electrons. The molecule has 0 atom stereocenters. The van der Waals surface area contributed by atoms with Gasteiger partial charge in [-0.1, -0.05) is 23.4 Å². The molecule has 0 saturated heterocycles. The van der Waals surface area contributed by atoms with E-state index in [1.54, 1.807) is 20.1 Å². The van der Waals surface area contributed by atoms with Gasteiger partial charge in [0.15, 0.2) is 5.82 Å². The van der Waals surface area contributed by atoms with Crippen LogP contribution in [0.25, 0.3) is 0 Å². The van der Waals surface area contributed by atoms with E-state index in [9.17, 15) is 4.79 Å². The number of nitrogens with one attached hydrogen (secondary N) is 2. The molecule has 116 valence electrons. The Bertz CT molecular complexity index is 677. The van der Waals surface area contributed by atoms with E-state index in [0.717, 1.165) is 24.2 Å². The topological polar surface area (TPSA) is 76.4 Å². The molecular weight excluding hydrogens is 282 g/mol. The van der Waals surface area contributed by atoms with Crippen molar-refractivity contribution in [2.75, 3.05) is 19.0 Å². The number of para-hydroxylation sites is 1. The highest BCUT2D eigenvalue weighted by Gasteiger charge is 2.46. The Balaban J connectivity index is 1.62. The van der Waals surface area contributed by atoms with Crippen molar-refractivity contribution in [1.29, 1.82) is 0 Å². The molecule has 1 heterocycles. The zero-order valence-corrected chi connectivity index (χ0v) is 12.7. The van der Waals surface area contributed by atoms with Crippen LogP contribution >= 0.6 is 0 Å². The van der Waals surface area contributed by atoms with Gasteiger partial charge < -0.3 is 14.6 Å². The van der Waals surface area contributed by atoms with E-state index >= 15 is 0 Å². The first-order valence-corrected chi connectivity index (χ1v) is 7.25. The number of amides is 2. The third kappa shape index (κ3) is 2.90. The van der Waals surface area contributed by atoms with E-state index in [4.69, 9.17) is 9.26 Å². The molecule has 6 nitrogen and oxygen atoms in total. The molecule has 3 rings (SSSR count). The van der Waals surface area contributed by atoms with Crippen molar-refractivity contribution in [1.82, 2.24) is 10.5 Å².